The molecule has 0 fully saturated rings. The van der Waals surface area contributed by atoms with Crippen LogP contribution in [0, 0.1) is 5.92 Å². The van der Waals surface area contributed by atoms with Crippen molar-refractivity contribution in [2.24, 2.45) is 5.92 Å². The number of hydrogen-bond acceptors (Lipinski definition) is 2. The Kier molecular flexibility index (Phi) is 6.52. The van der Waals surface area contributed by atoms with E-state index in [9.17, 15) is 13.0 Å². The van der Waals surface area contributed by atoms with E-state index in [0.717, 1.165) is 25.7 Å². The fourth-order valence-corrected chi connectivity index (χ4v) is 3.40. The van der Waals surface area contributed by atoms with Gasteiger partial charge in [-0.1, -0.05) is 69.9 Å². The number of rotatable bonds is 8. The third-order valence-electron chi connectivity index (χ3n) is 3.62. The highest BCUT2D eigenvalue weighted by Crippen LogP contribution is 2.32. The minimum Gasteiger partial charge on any atom is -0.285 e. The van der Waals surface area contributed by atoms with Crippen molar-refractivity contribution in [1.29, 1.82) is 0 Å². The van der Waals surface area contributed by atoms with Gasteiger partial charge in [0.2, 0.25) is 0 Å². The topological polar surface area (TPSA) is 54.4 Å². The van der Waals surface area contributed by atoms with Crippen LogP contribution in [0.15, 0.2) is 30.3 Å². The van der Waals surface area contributed by atoms with E-state index >= 15 is 0 Å². The Balaban J connectivity index is 2.87. The number of benzene rings is 1. The molecule has 0 aromatic heterocycles. The molecular weight excluding hydrogens is 260 g/mol. The molecule has 0 saturated carbocycles. The fourth-order valence-electron chi connectivity index (χ4n) is 2.38. The van der Waals surface area contributed by atoms with Crippen LogP contribution in [0.3, 0.4) is 0 Å². The van der Waals surface area contributed by atoms with Gasteiger partial charge in [0, 0.05) is 0 Å². The second-order valence-electron chi connectivity index (χ2n) is 5.07. The molecule has 3 nitrogen and oxygen atoms in total. The lowest BCUT2D eigenvalue weighted by molar-refractivity contribution is 0.393. The molecule has 108 valence electrons. The van der Waals surface area contributed by atoms with Crippen LogP contribution in [0.25, 0.3) is 0 Å². The first kappa shape index (κ1) is 16.2. The van der Waals surface area contributed by atoms with Crippen LogP contribution in [0.2, 0.25) is 0 Å². The van der Waals surface area contributed by atoms with Gasteiger partial charge in [0.15, 0.2) is 0 Å². The van der Waals surface area contributed by atoms with Crippen LogP contribution in [0.5, 0.6) is 0 Å². The van der Waals surface area contributed by atoms with Gasteiger partial charge in [0.1, 0.15) is 5.25 Å². The summed E-state index contributed by atoms with van der Waals surface area (Å²) in [4.78, 5) is 0. The predicted molar refractivity (Wildman–Crippen MR) is 78.7 cm³/mol. The average Bonchev–Trinajstić information content (AvgIpc) is 2.38. The quantitative estimate of drug-likeness (QED) is 0.727. The standard InChI is InChI=1S/C15H24O3S/c1-3-5-9-13(4-2)12-15(19(16,17)18)14-10-7-6-8-11-14/h6-8,10-11,13,15H,3-5,9,12H2,1-2H3,(H,16,17,18). The molecule has 0 spiro atoms. The van der Waals surface area contributed by atoms with E-state index in [1.54, 1.807) is 24.3 Å². The smallest absolute Gasteiger partial charge is 0.271 e. The van der Waals surface area contributed by atoms with Gasteiger partial charge in [-0.2, -0.15) is 8.42 Å². The molecule has 0 saturated heterocycles. The van der Waals surface area contributed by atoms with Crippen molar-refractivity contribution < 1.29 is 13.0 Å². The maximum Gasteiger partial charge on any atom is 0.271 e. The molecular formula is C15H24O3S. The number of hydrogen-bond donors (Lipinski definition) is 1. The van der Waals surface area contributed by atoms with Crippen molar-refractivity contribution in [2.75, 3.05) is 0 Å². The summed E-state index contributed by atoms with van der Waals surface area (Å²) in [7, 11) is -4.05. The highest BCUT2D eigenvalue weighted by molar-refractivity contribution is 7.86. The summed E-state index contributed by atoms with van der Waals surface area (Å²) in [5.41, 5.74) is 0.681. The van der Waals surface area contributed by atoms with Crippen molar-refractivity contribution in [3.63, 3.8) is 0 Å². The van der Waals surface area contributed by atoms with E-state index in [2.05, 4.69) is 13.8 Å². The molecule has 0 aliphatic rings. The van der Waals surface area contributed by atoms with Crippen molar-refractivity contribution in [2.45, 2.75) is 51.2 Å². The Labute approximate surface area is 116 Å². The highest BCUT2D eigenvalue weighted by atomic mass is 32.2. The second kappa shape index (κ2) is 7.65. The predicted octanol–water partition coefficient (Wildman–Crippen LogP) is 4.22. The Morgan fingerprint density at radius 1 is 1.16 bits per heavy atom. The minimum absolute atomic E-state index is 0.340. The second-order valence-corrected chi connectivity index (χ2v) is 6.67. The lowest BCUT2D eigenvalue weighted by atomic mass is 9.92. The van der Waals surface area contributed by atoms with Gasteiger partial charge in [0.25, 0.3) is 10.1 Å². The summed E-state index contributed by atoms with van der Waals surface area (Å²) in [6.07, 6.45) is 4.67. The van der Waals surface area contributed by atoms with Crippen LogP contribution in [-0.4, -0.2) is 13.0 Å². The first-order valence-corrected chi connectivity index (χ1v) is 8.50. The summed E-state index contributed by atoms with van der Waals surface area (Å²) >= 11 is 0. The van der Waals surface area contributed by atoms with Crippen molar-refractivity contribution >= 4 is 10.1 Å². The maximum absolute atomic E-state index is 11.6. The largest absolute Gasteiger partial charge is 0.285 e. The number of unbranched alkanes of at least 4 members (excludes halogenated alkanes) is 1. The Bertz CT molecular complexity index is 454. The monoisotopic (exact) mass is 284 g/mol. The third kappa shape index (κ3) is 5.33. The van der Waals surface area contributed by atoms with Crippen molar-refractivity contribution in [3.8, 4) is 0 Å². The molecule has 1 aromatic carbocycles. The summed E-state index contributed by atoms with van der Waals surface area (Å²) < 4.78 is 32.7. The molecule has 19 heavy (non-hydrogen) atoms. The third-order valence-corrected chi connectivity index (χ3v) is 4.81. The van der Waals surface area contributed by atoms with E-state index in [4.69, 9.17) is 0 Å². The molecule has 1 aromatic rings. The van der Waals surface area contributed by atoms with E-state index in [-0.39, 0.29) is 0 Å². The molecule has 4 heteroatoms. The Morgan fingerprint density at radius 2 is 1.79 bits per heavy atom. The van der Waals surface area contributed by atoms with Gasteiger partial charge >= 0.3 is 0 Å². The lowest BCUT2D eigenvalue weighted by Gasteiger charge is -2.21. The Morgan fingerprint density at radius 3 is 2.26 bits per heavy atom. The van der Waals surface area contributed by atoms with Crippen molar-refractivity contribution in [3.05, 3.63) is 35.9 Å². The van der Waals surface area contributed by atoms with Gasteiger partial charge in [-0.15, -0.1) is 0 Å². The van der Waals surface area contributed by atoms with Gasteiger partial charge in [-0.05, 0) is 17.9 Å². The summed E-state index contributed by atoms with van der Waals surface area (Å²) in [5, 5.41) is -0.796. The highest BCUT2D eigenvalue weighted by Gasteiger charge is 2.27. The molecule has 0 radical (unpaired) electrons. The lowest BCUT2D eigenvalue weighted by Crippen LogP contribution is -2.16. The average molecular weight is 284 g/mol. The van der Waals surface area contributed by atoms with Crippen LogP contribution in [-0.2, 0) is 10.1 Å². The van der Waals surface area contributed by atoms with Gasteiger partial charge in [-0.3, -0.25) is 4.55 Å². The van der Waals surface area contributed by atoms with Crippen LogP contribution in [0.1, 0.15) is 56.8 Å². The minimum atomic E-state index is -4.05. The molecule has 2 atom stereocenters. The van der Waals surface area contributed by atoms with E-state index in [1.807, 2.05) is 6.07 Å². The van der Waals surface area contributed by atoms with Crippen LogP contribution in [0.4, 0.5) is 0 Å². The molecule has 1 rings (SSSR count). The molecule has 0 bridgehead atoms. The van der Waals surface area contributed by atoms with E-state index in [1.165, 1.54) is 0 Å². The molecule has 0 heterocycles. The van der Waals surface area contributed by atoms with Crippen molar-refractivity contribution in [1.82, 2.24) is 0 Å². The summed E-state index contributed by atoms with van der Waals surface area (Å²) in [5.74, 6) is 0.340. The van der Waals surface area contributed by atoms with E-state index in [0.29, 0.717) is 17.9 Å². The van der Waals surface area contributed by atoms with Gasteiger partial charge in [0.05, 0.1) is 0 Å². The Hall–Kier alpha value is -0.870. The molecule has 2 unspecified atom stereocenters. The first-order valence-electron chi connectivity index (χ1n) is 7.00. The molecule has 0 amide bonds. The van der Waals surface area contributed by atoms with Crippen LogP contribution >= 0.6 is 0 Å². The van der Waals surface area contributed by atoms with Crippen LogP contribution < -0.4 is 0 Å². The fraction of sp³-hybridized carbons (Fsp3) is 0.600. The molecule has 0 aliphatic carbocycles. The SMILES string of the molecule is CCCCC(CC)CC(c1ccccc1)S(=O)(=O)O. The normalized spacial score (nSPS) is 15.1. The zero-order valence-corrected chi connectivity index (χ0v) is 12.6. The van der Waals surface area contributed by atoms with E-state index < -0.39 is 15.4 Å². The van der Waals surface area contributed by atoms with Gasteiger partial charge in [-0.25, -0.2) is 0 Å². The maximum atomic E-state index is 11.6. The zero-order chi connectivity index (χ0) is 14.3. The zero-order valence-electron chi connectivity index (χ0n) is 11.7. The molecule has 0 aliphatic heterocycles. The van der Waals surface area contributed by atoms with Gasteiger partial charge < -0.3 is 0 Å². The molecule has 1 N–H and O–H groups in total. The summed E-state index contributed by atoms with van der Waals surface area (Å²) in [6, 6.07) is 9.00. The summed E-state index contributed by atoms with van der Waals surface area (Å²) in [6.45, 7) is 4.20. The first-order chi connectivity index (χ1) is 8.99.